The Labute approximate surface area is 142 Å². The van der Waals surface area contributed by atoms with Gasteiger partial charge in [-0.05, 0) is 51.7 Å². The lowest BCUT2D eigenvalue weighted by atomic mass is 10.00. The van der Waals surface area contributed by atoms with Crippen LogP contribution in [0.1, 0.15) is 54.4 Å². The SMILES string of the molecule is CC(C)(C)OC(=O)N1CCC[C@H](O[Si](C)(C)C(C)(C)C)[C@H]1CO. The van der Waals surface area contributed by atoms with Gasteiger partial charge in [0, 0.05) is 6.54 Å². The highest BCUT2D eigenvalue weighted by molar-refractivity contribution is 6.74. The summed E-state index contributed by atoms with van der Waals surface area (Å²) in [6, 6.07) is -0.326. The summed E-state index contributed by atoms with van der Waals surface area (Å²) in [4.78, 5) is 14.1. The van der Waals surface area contributed by atoms with Gasteiger partial charge in [0.05, 0.1) is 18.8 Å². The van der Waals surface area contributed by atoms with Gasteiger partial charge in [-0.1, -0.05) is 20.8 Å². The standard InChI is InChI=1S/C17H35NO4Si/c1-16(2,3)21-15(20)18-11-9-10-14(13(18)12-19)22-23(7,8)17(4,5)6/h13-14,19H,9-12H2,1-8H3/t13-,14+/m1/s1. The Bertz CT molecular complexity index is 412. The number of rotatable bonds is 3. The zero-order chi connectivity index (χ0) is 18.1. The number of hydrogen-bond acceptors (Lipinski definition) is 4. The molecule has 0 aromatic rings. The highest BCUT2D eigenvalue weighted by Gasteiger charge is 2.44. The summed E-state index contributed by atoms with van der Waals surface area (Å²) in [7, 11) is -1.95. The Kier molecular flexibility index (Phi) is 6.32. The van der Waals surface area contributed by atoms with Gasteiger partial charge in [0.2, 0.25) is 0 Å². The fourth-order valence-electron chi connectivity index (χ4n) is 2.48. The van der Waals surface area contributed by atoms with E-state index in [4.69, 9.17) is 9.16 Å². The number of carbonyl (C=O) groups excluding carboxylic acids is 1. The highest BCUT2D eigenvalue weighted by Crippen LogP contribution is 2.39. The van der Waals surface area contributed by atoms with Gasteiger partial charge in [0.15, 0.2) is 8.32 Å². The van der Waals surface area contributed by atoms with Crippen molar-refractivity contribution >= 4 is 14.4 Å². The number of aliphatic hydroxyl groups is 1. The maximum Gasteiger partial charge on any atom is 0.410 e. The molecule has 23 heavy (non-hydrogen) atoms. The zero-order valence-electron chi connectivity index (χ0n) is 16.1. The summed E-state index contributed by atoms with van der Waals surface area (Å²) in [5.41, 5.74) is -0.537. The maximum atomic E-state index is 12.4. The number of nitrogens with zero attached hydrogens (tertiary/aromatic N) is 1. The van der Waals surface area contributed by atoms with Crippen LogP contribution in [0.15, 0.2) is 0 Å². The molecular formula is C17H35NO4Si. The van der Waals surface area contributed by atoms with Crippen LogP contribution < -0.4 is 0 Å². The first-order chi connectivity index (χ1) is 10.3. The molecular weight excluding hydrogens is 310 g/mol. The Morgan fingerprint density at radius 1 is 1.22 bits per heavy atom. The first-order valence-electron chi connectivity index (χ1n) is 8.57. The first-order valence-corrected chi connectivity index (χ1v) is 11.5. The van der Waals surface area contributed by atoms with E-state index in [1.165, 1.54) is 0 Å². The normalized spacial score (nSPS) is 23.8. The van der Waals surface area contributed by atoms with Crippen LogP contribution in [0.4, 0.5) is 4.79 Å². The van der Waals surface area contributed by atoms with Crippen molar-refractivity contribution in [1.29, 1.82) is 0 Å². The summed E-state index contributed by atoms with van der Waals surface area (Å²) >= 11 is 0. The van der Waals surface area contributed by atoms with Crippen LogP contribution in [-0.4, -0.2) is 55.3 Å². The monoisotopic (exact) mass is 345 g/mol. The summed E-state index contributed by atoms with van der Waals surface area (Å²) in [6.07, 6.45) is 1.26. The average molecular weight is 346 g/mol. The second-order valence-electron chi connectivity index (χ2n) is 8.98. The van der Waals surface area contributed by atoms with E-state index >= 15 is 0 Å². The topological polar surface area (TPSA) is 59.0 Å². The highest BCUT2D eigenvalue weighted by atomic mass is 28.4. The van der Waals surface area contributed by atoms with Gasteiger partial charge in [-0.25, -0.2) is 4.79 Å². The van der Waals surface area contributed by atoms with Gasteiger partial charge < -0.3 is 19.2 Å². The van der Waals surface area contributed by atoms with Gasteiger partial charge in [0.1, 0.15) is 5.60 Å². The Morgan fingerprint density at radius 3 is 2.22 bits per heavy atom. The quantitative estimate of drug-likeness (QED) is 0.791. The number of likely N-dealkylation sites (tertiary alicyclic amines) is 1. The fraction of sp³-hybridized carbons (Fsp3) is 0.941. The number of aliphatic hydroxyl groups excluding tert-OH is 1. The number of carbonyl (C=O) groups is 1. The molecule has 0 aliphatic carbocycles. The second-order valence-corrected chi connectivity index (χ2v) is 13.7. The van der Waals surface area contributed by atoms with Gasteiger partial charge in [-0.15, -0.1) is 0 Å². The van der Waals surface area contributed by atoms with Gasteiger partial charge in [0.25, 0.3) is 0 Å². The molecule has 6 heteroatoms. The predicted molar refractivity (Wildman–Crippen MR) is 95.1 cm³/mol. The van der Waals surface area contributed by atoms with E-state index in [1.807, 2.05) is 20.8 Å². The molecule has 0 radical (unpaired) electrons. The summed E-state index contributed by atoms with van der Waals surface area (Å²) < 4.78 is 12.0. The number of ether oxygens (including phenoxy) is 1. The molecule has 1 heterocycles. The van der Waals surface area contributed by atoms with Crippen molar-refractivity contribution in [3.8, 4) is 0 Å². The summed E-state index contributed by atoms with van der Waals surface area (Å²) in [5, 5.41) is 9.96. The van der Waals surface area contributed by atoms with Crippen molar-refractivity contribution in [2.24, 2.45) is 0 Å². The van der Waals surface area contributed by atoms with Gasteiger partial charge >= 0.3 is 6.09 Å². The third-order valence-electron chi connectivity index (χ3n) is 4.78. The molecule has 0 aromatic carbocycles. The largest absolute Gasteiger partial charge is 0.444 e. The Balaban J connectivity index is 2.88. The Morgan fingerprint density at radius 2 is 1.78 bits per heavy atom. The molecule has 5 nitrogen and oxygen atoms in total. The van der Waals surface area contributed by atoms with Crippen LogP contribution in [0.5, 0.6) is 0 Å². The summed E-state index contributed by atoms with van der Waals surface area (Å²) in [5.74, 6) is 0. The minimum atomic E-state index is -1.95. The molecule has 0 spiro atoms. The number of hydrogen-bond donors (Lipinski definition) is 1. The fourth-order valence-corrected chi connectivity index (χ4v) is 3.86. The lowest BCUT2D eigenvalue weighted by molar-refractivity contribution is -0.0332. The van der Waals surface area contributed by atoms with E-state index in [9.17, 15) is 9.90 Å². The van der Waals surface area contributed by atoms with Crippen LogP contribution in [0.25, 0.3) is 0 Å². The average Bonchev–Trinajstić information content (AvgIpc) is 2.34. The van der Waals surface area contributed by atoms with E-state index in [2.05, 4.69) is 33.9 Å². The molecule has 1 aliphatic heterocycles. The van der Waals surface area contributed by atoms with Crippen molar-refractivity contribution in [2.75, 3.05) is 13.2 Å². The minimum Gasteiger partial charge on any atom is -0.444 e. The smallest absolute Gasteiger partial charge is 0.410 e. The predicted octanol–water partition coefficient (Wildman–Crippen LogP) is 3.77. The molecule has 0 bridgehead atoms. The van der Waals surface area contributed by atoms with Crippen LogP contribution in [-0.2, 0) is 9.16 Å². The third-order valence-corrected chi connectivity index (χ3v) is 9.29. The lowest BCUT2D eigenvalue weighted by Crippen LogP contribution is -2.58. The van der Waals surface area contributed by atoms with Crippen LogP contribution in [0.2, 0.25) is 18.1 Å². The maximum absolute atomic E-state index is 12.4. The molecule has 2 atom stereocenters. The second kappa shape index (κ2) is 7.11. The molecule has 1 amide bonds. The molecule has 1 aliphatic rings. The molecule has 0 unspecified atom stereocenters. The van der Waals surface area contributed by atoms with Gasteiger partial charge in [-0.2, -0.15) is 0 Å². The molecule has 1 saturated heterocycles. The zero-order valence-corrected chi connectivity index (χ0v) is 17.1. The van der Waals surface area contributed by atoms with Crippen molar-refractivity contribution in [3.05, 3.63) is 0 Å². The number of amides is 1. The third kappa shape index (κ3) is 5.47. The minimum absolute atomic E-state index is 0.0984. The van der Waals surface area contributed by atoms with Gasteiger partial charge in [-0.3, -0.25) is 0 Å². The molecule has 1 rings (SSSR count). The van der Waals surface area contributed by atoms with Crippen LogP contribution in [0, 0.1) is 0 Å². The van der Waals surface area contributed by atoms with Crippen molar-refractivity contribution in [2.45, 2.75) is 90.3 Å². The first kappa shape index (κ1) is 20.5. The van der Waals surface area contributed by atoms with E-state index < -0.39 is 13.9 Å². The number of piperidine rings is 1. The van der Waals surface area contributed by atoms with E-state index in [0.29, 0.717) is 6.54 Å². The molecule has 0 aromatic heterocycles. The lowest BCUT2D eigenvalue weighted by Gasteiger charge is -2.46. The van der Waals surface area contributed by atoms with E-state index in [-0.39, 0.29) is 29.9 Å². The molecule has 136 valence electrons. The van der Waals surface area contributed by atoms with Crippen LogP contribution in [0.3, 0.4) is 0 Å². The van der Waals surface area contributed by atoms with Crippen molar-refractivity contribution < 1.29 is 19.1 Å². The Hall–Kier alpha value is -0.593. The summed E-state index contributed by atoms with van der Waals surface area (Å²) in [6.45, 7) is 17.1. The van der Waals surface area contributed by atoms with Crippen molar-refractivity contribution in [3.63, 3.8) is 0 Å². The van der Waals surface area contributed by atoms with Crippen molar-refractivity contribution in [1.82, 2.24) is 4.90 Å². The molecule has 1 fully saturated rings. The molecule has 1 N–H and O–H groups in total. The van der Waals surface area contributed by atoms with Crippen LogP contribution >= 0.6 is 0 Å². The molecule has 0 saturated carbocycles. The van der Waals surface area contributed by atoms with E-state index in [0.717, 1.165) is 12.8 Å². The van der Waals surface area contributed by atoms with E-state index in [1.54, 1.807) is 4.90 Å².